The molecule has 1 saturated heterocycles. The number of nitrogens with zero attached hydrogens (tertiary/aromatic N) is 1. The van der Waals surface area contributed by atoms with Crippen LogP contribution in [-0.2, 0) is 6.42 Å². The third-order valence-corrected chi connectivity index (χ3v) is 3.60. The number of likely N-dealkylation sites (N-methyl/N-ethyl adjacent to an activating group) is 1. The highest BCUT2D eigenvalue weighted by molar-refractivity contribution is 5.95. The molecule has 1 aliphatic rings. The zero-order valence-corrected chi connectivity index (χ0v) is 10.9. The minimum atomic E-state index is -0.479. The average molecular weight is 248 g/mol. The number of carbonyl (C=O) groups is 1. The van der Waals surface area contributed by atoms with Crippen molar-refractivity contribution in [1.29, 1.82) is 0 Å². The summed E-state index contributed by atoms with van der Waals surface area (Å²) in [4.78, 5) is 14.1. The van der Waals surface area contributed by atoms with E-state index >= 15 is 0 Å². The van der Waals surface area contributed by atoms with Crippen molar-refractivity contribution in [3.05, 3.63) is 35.4 Å². The molecule has 1 amide bonds. The van der Waals surface area contributed by atoms with Gasteiger partial charge in [0, 0.05) is 25.7 Å². The maximum absolute atomic E-state index is 12.4. The standard InChI is InChI=1S/C14H20N2O2/c1-3-10-6-4-5-7-11(10)14(18)16(2)12-8-15-9-13(12)17/h4-7,12-13,15,17H,3,8-9H2,1-2H3/t12-,13-/m1/s1. The summed E-state index contributed by atoms with van der Waals surface area (Å²) in [6.45, 7) is 3.24. The van der Waals surface area contributed by atoms with E-state index < -0.39 is 6.10 Å². The number of aryl methyl sites for hydroxylation is 1. The fraction of sp³-hybridized carbons (Fsp3) is 0.500. The number of nitrogens with one attached hydrogen (secondary N) is 1. The Morgan fingerprint density at radius 2 is 2.17 bits per heavy atom. The second kappa shape index (κ2) is 5.50. The Balaban J connectivity index is 2.20. The smallest absolute Gasteiger partial charge is 0.254 e. The van der Waals surface area contributed by atoms with Crippen molar-refractivity contribution in [3.63, 3.8) is 0 Å². The predicted octanol–water partition coefficient (Wildman–Crippen LogP) is 0.654. The summed E-state index contributed by atoms with van der Waals surface area (Å²) in [5, 5.41) is 12.9. The molecular formula is C14H20N2O2. The quantitative estimate of drug-likeness (QED) is 0.826. The summed E-state index contributed by atoms with van der Waals surface area (Å²) >= 11 is 0. The van der Waals surface area contributed by atoms with E-state index in [1.165, 1.54) is 0 Å². The number of β-amino-alcohol motifs (C(OH)–C–C–N with tert-alkyl or cyclic N) is 1. The van der Waals surface area contributed by atoms with Crippen molar-refractivity contribution >= 4 is 5.91 Å². The van der Waals surface area contributed by atoms with Gasteiger partial charge in [0.2, 0.25) is 0 Å². The van der Waals surface area contributed by atoms with Crippen LogP contribution in [0.1, 0.15) is 22.8 Å². The number of rotatable bonds is 3. The molecule has 1 aromatic carbocycles. The Morgan fingerprint density at radius 3 is 2.78 bits per heavy atom. The Labute approximate surface area is 108 Å². The average Bonchev–Trinajstić information content (AvgIpc) is 2.83. The largest absolute Gasteiger partial charge is 0.390 e. The second-order valence-electron chi connectivity index (χ2n) is 4.72. The first-order valence-corrected chi connectivity index (χ1v) is 6.39. The summed E-state index contributed by atoms with van der Waals surface area (Å²) in [5.74, 6) is -0.0137. The summed E-state index contributed by atoms with van der Waals surface area (Å²) < 4.78 is 0. The lowest BCUT2D eigenvalue weighted by molar-refractivity contribution is 0.0580. The summed E-state index contributed by atoms with van der Waals surface area (Å²) in [5.41, 5.74) is 1.79. The van der Waals surface area contributed by atoms with E-state index in [-0.39, 0.29) is 11.9 Å². The first-order valence-electron chi connectivity index (χ1n) is 6.39. The number of aliphatic hydroxyl groups excluding tert-OH is 1. The second-order valence-corrected chi connectivity index (χ2v) is 4.72. The molecule has 98 valence electrons. The maximum atomic E-state index is 12.4. The molecule has 4 heteroatoms. The molecule has 0 saturated carbocycles. The van der Waals surface area contributed by atoms with Gasteiger partial charge in [0.25, 0.3) is 5.91 Å². The number of hydrogen-bond donors (Lipinski definition) is 2. The molecule has 1 fully saturated rings. The van der Waals surface area contributed by atoms with Crippen molar-refractivity contribution in [2.75, 3.05) is 20.1 Å². The van der Waals surface area contributed by atoms with Crippen LogP contribution >= 0.6 is 0 Å². The van der Waals surface area contributed by atoms with Crippen LogP contribution in [0.2, 0.25) is 0 Å². The van der Waals surface area contributed by atoms with E-state index in [1.807, 2.05) is 31.2 Å². The third kappa shape index (κ3) is 2.40. The van der Waals surface area contributed by atoms with Gasteiger partial charge in [0.1, 0.15) is 0 Å². The first kappa shape index (κ1) is 13.1. The van der Waals surface area contributed by atoms with Crippen molar-refractivity contribution < 1.29 is 9.90 Å². The van der Waals surface area contributed by atoms with E-state index in [9.17, 15) is 9.90 Å². The summed E-state index contributed by atoms with van der Waals surface area (Å²) in [7, 11) is 1.76. The van der Waals surface area contributed by atoms with E-state index in [4.69, 9.17) is 0 Å². The highest BCUT2D eigenvalue weighted by Gasteiger charge is 2.31. The van der Waals surface area contributed by atoms with Gasteiger partial charge < -0.3 is 15.3 Å². The molecule has 0 bridgehead atoms. The van der Waals surface area contributed by atoms with Gasteiger partial charge in [-0.2, -0.15) is 0 Å². The lowest BCUT2D eigenvalue weighted by atomic mass is 10.0. The molecule has 18 heavy (non-hydrogen) atoms. The summed E-state index contributed by atoms with van der Waals surface area (Å²) in [6.07, 6.45) is 0.356. The number of amides is 1. The van der Waals surface area contributed by atoms with Gasteiger partial charge in [0.15, 0.2) is 0 Å². The molecule has 1 heterocycles. The van der Waals surface area contributed by atoms with Crippen LogP contribution in [0.4, 0.5) is 0 Å². The van der Waals surface area contributed by atoms with Crippen LogP contribution in [0.15, 0.2) is 24.3 Å². The molecular weight excluding hydrogens is 228 g/mol. The van der Waals surface area contributed by atoms with Crippen molar-refractivity contribution in [2.45, 2.75) is 25.5 Å². The van der Waals surface area contributed by atoms with Crippen molar-refractivity contribution in [3.8, 4) is 0 Å². The Bertz CT molecular complexity index is 434. The topological polar surface area (TPSA) is 52.6 Å². The van der Waals surface area contributed by atoms with Gasteiger partial charge in [-0.05, 0) is 18.1 Å². The highest BCUT2D eigenvalue weighted by Crippen LogP contribution is 2.15. The lowest BCUT2D eigenvalue weighted by Crippen LogP contribution is -2.44. The molecule has 4 nitrogen and oxygen atoms in total. The van der Waals surface area contributed by atoms with Crippen LogP contribution in [0.3, 0.4) is 0 Å². The van der Waals surface area contributed by atoms with Gasteiger partial charge >= 0.3 is 0 Å². The molecule has 0 aliphatic carbocycles. The molecule has 0 unspecified atom stereocenters. The van der Waals surface area contributed by atoms with Gasteiger partial charge in [-0.25, -0.2) is 0 Å². The summed E-state index contributed by atoms with van der Waals surface area (Å²) in [6, 6.07) is 7.52. The molecule has 0 aromatic heterocycles. The maximum Gasteiger partial charge on any atom is 0.254 e. The fourth-order valence-electron chi connectivity index (χ4n) is 2.42. The molecule has 2 N–H and O–H groups in total. The van der Waals surface area contributed by atoms with E-state index in [0.29, 0.717) is 13.1 Å². The van der Waals surface area contributed by atoms with Gasteiger partial charge in [0.05, 0.1) is 12.1 Å². The fourth-order valence-corrected chi connectivity index (χ4v) is 2.42. The first-order chi connectivity index (χ1) is 8.65. The van der Waals surface area contributed by atoms with Crippen LogP contribution in [0.25, 0.3) is 0 Å². The number of benzene rings is 1. The minimum Gasteiger partial charge on any atom is -0.390 e. The SMILES string of the molecule is CCc1ccccc1C(=O)N(C)[C@@H]1CNC[C@H]1O. The van der Waals surface area contributed by atoms with Crippen molar-refractivity contribution in [2.24, 2.45) is 0 Å². The van der Waals surface area contributed by atoms with Gasteiger partial charge in [-0.3, -0.25) is 4.79 Å². The molecule has 0 spiro atoms. The van der Waals surface area contributed by atoms with E-state index in [0.717, 1.165) is 17.5 Å². The van der Waals surface area contributed by atoms with E-state index in [2.05, 4.69) is 5.32 Å². The van der Waals surface area contributed by atoms with E-state index in [1.54, 1.807) is 11.9 Å². The van der Waals surface area contributed by atoms with Crippen molar-refractivity contribution in [1.82, 2.24) is 10.2 Å². The third-order valence-electron chi connectivity index (χ3n) is 3.60. The van der Waals surface area contributed by atoms with Gasteiger partial charge in [-0.1, -0.05) is 25.1 Å². The van der Waals surface area contributed by atoms with Crippen LogP contribution in [0.5, 0.6) is 0 Å². The Morgan fingerprint density at radius 1 is 1.44 bits per heavy atom. The van der Waals surface area contributed by atoms with Gasteiger partial charge in [-0.15, -0.1) is 0 Å². The monoisotopic (exact) mass is 248 g/mol. The number of carbonyl (C=O) groups excluding carboxylic acids is 1. The molecule has 2 rings (SSSR count). The molecule has 1 aliphatic heterocycles. The van der Waals surface area contributed by atoms with Crippen LogP contribution in [-0.4, -0.2) is 48.2 Å². The molecule has 1 aromatic rings. The predicted molar refractivity (Wildman–Crippen MR) is 70.6 cm³/mol. The zero-order chi connectivity index (χ0) is 13.1. The lowest BCUT2D eigenvalue weighted by Gasteiger charge is -2.27. The number of aliphatic hydroxyl groups is 1. The zero-order valence-electron chi connectivity index (χ0n) is 10.9. The van der Waals surface area contributed by atoms with Crippen LogP contribution < -0.4 is 5.32 Å². The normalized spacial score (nSPS) is 23.1. The Hall–Kier alpha value is -1.39. The molecule has 2 atom stereocenters. The molecule has 0 radical (unpaired) electrons. The number of hydrogen-bond acceptors (Lipinski definition) is 3. The van der Waals surface area contributed by atoms with Crippen LogP contribution in [0, 0.1) is 0 Å². The minimum absolute atomic E-state index is 0.0137. The Kier molecular flexibility index (Phi) is 3.99. The highest BCUT2D eigenvalue weighted by atomic mass is 16.3.